The number of halogens is 2. The minimum atomic E-state index is 0.544. The SMILES string of the molecule is CN1CCCCC1Cn1c(CCCl)nc2cc(Cl)cnc21. The number of fused-ring (bicyclic) bond motifs is 1. The van der Waals surface area contributed by atoms with Gasteiger partial charge < -0.3 is 9.47 Å². The Morgan fingerprint density at radius 1 is 1.38 bits per heavy atom. The quantitative estimate of drug-likeness (QED) is 0.808. The van der Waals surface area contributed by atoms with Crippen molar-refractivity contribution in [3.63, 3.8) is 0 Å². The molecule has 1 atom stereocenters. The minimum absolute atomic E-state index is 0.544. The summed E-state index contributed by atoms with van der Waals surface area (Å²) in [5, 5.41) is 0.624. The Kier molecular flexibility index (Phi) is 4.67. The summed E-state index contributed by atoms with van der Waals surface area (Å²) in [5.41, 5.74) is 1.78. The van der Waals surface area contributed by atoms with Gasteiger partial charge in [-0.25, -0.2) is 9.97 Å². The fourth-order valence-corrected chi connectivity index (χ4v) is 3.41. The molecular weight excluding hydrogens is 307 g/mol. The highest BCUT2D eigenvalue weighted by Crippen LogP contribution is 2.22. The Hall–Kier alpha value is -0.840. The second-order valence-electron chi connectivity index (χ2n) is 5.70. The first-order valence-electron chi connectivity index (χ1n) is 7.46. The molecule has 3 rings (SSSR count). The number of likely N-dealkylation sites (tertiary alicyclic amines) is 1. The lowest BCUT2D eigenvalue weighted by molar-refractivity contribution is 0.167. The van der Waals surface area contributed by atoms with E-state index in [2.05, 4.69) is 26.5 Å². The van der Waals surface area contributed by atoms with E-state index >= 15 is 0 Å². The molecule has 2 aromatic rings. The van der Waals surface area contributed by atoms with Crippen LogP contribution in [0, 0.1) is 0 Å². The van der Waals surface area contributed by atoms with Gasteiger partial charge in [0, 0.05) is 31.1 Å². The third-order valence-electron chi connectivity index (χ3n) is 4.26. The van der Waals surface area contributed by atoms with Gasteiger partial charge in [-0.15, -0.1) is 11.6 Å². The lowest BCUT2D eigenvalue weighted by Gasteiger charge is -2.33. The predicted octanol–water partition coefficient (Wildman–Crippen LogP) is 3.35. The van der Waals surface area contributed by atoms with Crippen LogP contribution in [0.5, 0.6) is 0 Å². The highest BCUT2D eigenvalue weighted by Gasteiger charge is 2.22. The summed E-state index contributed by atoms with van der Waals surface area (Å²) in [6.07, 6.45) is 6.26. The number of aromatic nitrogens is 3. The number of hydrogen-bond donors (Lipinski definition) is 0. The lowest BCUT2D eigenvalue weighted by atomic mass is 10.0. The van der Waals surface area contributed by atoms with E-state index in [9.17, 15) is 0 Å². The molecule has 4 nitrogen and oxygen atoms in total. The van der Waals surface area contributed by atoms with Gasteiger partial charge in [0.05, 0.1) is 5.02 Å². The molecule has 0 spiro atoms. The Morgan fingerprint density at radius 2 is 2.24 bits per heavy atom. The molecule has 1 unspecified atom stereocenters. The van der Waals surface area contributed by atoms with Gasteiger partial charge >= 0.3 is 0 Å². The van der Waals surface area contributed by atoms with Gasteiger partial charge in [0.25, 0.3) is 0 Å². The predicted molar refractivity (Wildman–Crippen MR) is 87.2 cm³/mol. The molecule has 1 aliphatic rings. The number of nitrogens with zero attached hydrogens (tertiary/aromatic N) is 4. The summed E-state index contributed by atoms with van der Waals surface area (Å²) in [4.78, 5) is 11.6. The highest BCUT2D eigenvalue weighted by atomic mass is 35.5. The Bertz CT molecular complexity index is 625. The summed E-state index contributed by atoms with van der Waals surface area (Å²) < 4.78 is 2.22. The van der Waals surface area contributed by atoms with Crippen molar-refractivity contribution in [2.45, 2.75) is 38.3 Å². The number of aryl methyl sites for hydroxylation is 1. The normalized spacial score (nSPS) is 20.2. The van der Waals surface area contributed by atoms with Crippen molar-refractivity contribution in [1.29, 1.82) is 0 Å². The van der Waals surface area contributed by atoms with E-state index in [1.807, 2.05) is 6.07 Å². The first kappa shape index (κ1) is 15.1. The third-order valence-corrected chi connectivity index (χ3v) is 4.66. The van der Waals surface area contributed by atoms with Crippen molar-refractivity contribution >= 4 is 34.4 Å². The second-order valence-corrected chi connectivity index (χ2v) is 6.52. The Labute approximate surface area is 135 Å². The fourth-order valence-electron chi connectivity index (χ4n) is 3.09. The highest BCUT2D eigenvalue weighted by molar-refractivity contribution is 6.31. The molecule has 0 bridgehead atoms. The molecular formula is C15H20Cl2N4. The third kappa shape index (κ3) is 3.17. The van der Waals surface area contributed by atoms with Crippen LogP contribution in [0.25, 0.3) is 11.2 Å². The van der Waals surface area contributed by atoms with E-state index in [1.165, 1.54) is 25.8 Å². The van der Waals surface area contributed by atoms with Crippen molar-refractivity contribution in [3.05, 3.63) is 23.1 Å². The van der Waals surface area contributed by atoms with Gasteiger partial charge in [0.2, 0.25) is 0 Å². The zero-order valence-electron chi connectivity index (χ0n) is 12.2. The molecule has 1 fully saturated rings. The molecule has 0 saturated carbocycles. The topological polar surface area (TPSA) is 34.0 Å². The summed E-state index contributed by atoms with van der Waals surface area (Å²) in [6.45, 7) is 2.09. The van der Waals surface area contributed by atoms with Crippen LogP contribution >= 0.6 is 23.2 Å². The van der Waals surface area contributed by atoms with E-state index in [1.54, 1.807) is 6.20 Å². The molecule has 1 aliphatic heterocycles. The second kappa shape index (κ2) is 6.51. The zero-order chi connectivity index (χ0) is 14.8. The first-order chi connectivity index (χ1) is 10.2. The van der Waals surface area contributed by atoms with Crippen molar-refractivity contribution in [2.75, 3.05) is 19.5 Å². The minimum Gasteiger partial charge on any atom is -0.311 e. The van der Waals surface area contributed by atoms with Crippen molar-refractivity contribution in [1.82, 2.24) is 19.4 Å². The van der Waals surface area contributed by atoms with Crippen LogP contribution in [0.3, 0.4) is 0 Å². The van der Waals surface area contributed by atoms with Crippen molar-refractivity contribution < 1.29 is 0 Å². The van der Waals surface area contributed by atoms with Gasteiger partial charge in [0.15, 0.2) is 5.65 Å². The van der Waals surface area contributed by atoms with Crippen LogP contribution in [0.4, 0.5) is 0 Å². The number of hydrogen-bond acceptors (Lipinski definition) is 3. The Balaban J connectivity index is 1.96. The van der Waals surface area contributed by atoms with E-state index in [0.717, 1.165) is 30.0 Å². The Morgan fingerprint density at radius 3 is 3.00 bits per heavy atom. The van der Waals surface area contributed by atoms with Crippen LogP contribution in [0.1, 0.15) is 25.1 Å². The van der Waals surface area contributed by atoms with Crippen LogP contribution in [-0.2, 0) is 13.0 Å². The number of imidazole rings is 1. The molecule has 0 amide bonds. The molecule has 6 heteroatoms. The number of alkyl halides is 1. The van der Waals surface area contributed by atoms with Gasteiger partial charge in [-0.1, -0.05) is 18.0 Å². The molecule has 21 heavy (non-hydrogen) atoms. The average molecular weight is 327 g/mol. The smallest absolute Gasteiger partial charge is 0.160 e. The largest absolute Gasteiger partial charge is 0.311 e. The molecule has 1 saturated heterocycles. The monoisotopic (exact) mass is 326 g/mol. The molecule has 0 aliphatic carbocycles. The molecule has 114 valence electrons. The summed E-state index contributed by atoms with van der Waals surface area (Å²) >= 11 is 12.0. The number of rotatable bonds is 4. The van der Waals surface area contributed by atoms with Crippen molar-refractivity contribution in [3.8, 4) is 0 Å². The van der Waals surface area contributed by atoms with E-state index in [0.29, 0.717) is 16.9 Å². The maximum absolute atomic E-state index is 6.03. The van der Waals surface area contributed by atoms with Gasteiger partial charge in [-0.3, -0.25) is 0 Å². The zero-order valence-corrected chi connectivity index (χ0v) is 13.7. The van der Waals surface area contributed by atoms with E-state index in [-0.39, 0.29) is 0 Å². The summed E-state index contributed by atoms with van der Waals surface area (Å²) in [6, 6.07) is 2.42. The standard InChI is InChI=1S/C15H20Cl2N4/c1-20-7-3-2-4-12(20)10-21-14(5-6-16)19-13-8-11(17)9-18-15(13)21/h8-9,12H,2-7,10H2,1H3. The van der Waals surface area contributed by atoms with E-state index < -0.39 is 0 Å². The number of piperidine rings is 1. The van der Waals surface area contributed by atoms with Gasteiger partial charge in [-0.05, 0) is 32.5 Å². The fraction of sp³-hybridized carbons (Fsp3) is 0.600. The summed E-state index contributed by atoms with van der Waals surface area (Å²) in [7, 11) is 2.20. The number of pyridine rings is 1. The number of likely N-dealkylation sites (N-methyl/N-ethyl adjacent to an activating group) is 1. The van der Waals surface area contributed by atoms with Crippen LogP contribution in [0.15, 0.2) is 12.3 Å². The van der Waals surface area contributed by atoms with Gasteiger partial charge in [0.1, 0.15) is 11.3 Å². The molecule has 3 heterocycles. The molecule has 0 N–H and O–H groups in total. The molecule has 0 radical (unpaired) electrons. The summed E-state index contributed by atoms with van der Waals surface area (Å²) in [5.74, 6) is 1.58. The molecule has 2 aromatic heterocycles. The van der Waals surface area contributed by atoms with Crippen LogP contribution < -0.4 is 0 Å². The lowest BCUT2D eigenvalue weighted by Crippen LogP contribution is -2.39. The van der Waals surface area contributed by atoms with Gasteiger partial charge in [-0.2, -0.15) is 0 Å². The average Bonchev–Trinajstić information content (AvgIpc) is 2.79. The van der Waals surface area contributed by atoms with Crippen LogP contribution in [-0.4, -0.2) is 44.9 Å². The maximum atomic E-state index is 6.03. The van der Waals surface area contributed by atoms with Crippen molar-refractivity contribution in [2.24, 2.45) is 0 Å². The van der Waals surface area contributed by atoms with Crippen LogP contribution in [0.2, 0.25) is 5.02 Å². The first-order valence-corrected chi connectivity index (χ1v) is 8.37. The maximum Gasteiger partial charge on any atom is 0.160 e. The van der Waals surface area contributed by atoms with E-state index in [4.69, 9.17) is 23.2 Å². The molecule has 0 aromatic carbocycles.